The zero-order chi connectivity index (χ0) is 19.2. The third-order valence-corrected chi connectivity index (χ3v) is 5.79. The van der Waals surface area contributed by atoms with Crippen molar-refractivity contribution in [3.8, 4) is 16.9 Å². The second-order valence-electron chi connectivity index (χ2n) is 8.54. The number of hydrogen-bond acceptors (Lipinski definition) is 4. The fraction of sp³-hybridized carbons (Fsp3) is 0.391. The van der Waals surface area contributed by atoms with Crippen molar-refractivity contribution in [1.29, 1.82) is 0 Å². The Bertz CT molecular complexity index is 977. The highest BCUT2D eigenvalue weighted by Crippen LogP contribution is 2.33. The molecular weight excluding hydrogens is 334 g/mol. The third kappa shape index (κ3) is 3.48. The van der Waals surface area contributed by atoms with Crippen molar-refractivity contribution < 1.29 is 5.11 Å². The number of hydrogen-bond donors (Lipinski definition) is 1. The molecule has 1 aromatic heterocycles. The summed E-state index contributed by atoms with van der Waals surface area (Å²) in [5.41, 5.74) is 6.21. The van der Waals surface area contributed by atoms with E-state index in [1.807, 2.05) is 38.2 Å². The van der Waals surface area contributed by atoms with Crippen molar-refractivity contribution in [3.05, 3.63) is 47.7 Å². The molecule has 140 valence electrons. The van der Waals surface area contributed by atoms with Gasteiger partial charge < -0.3 is 10.0 Å². The first-order valence-corrected chi connectivity index (χ1v) is 9.65. The van der Waals surface area contributed by atoms with Gasteiger partial charge in [-0.15, -0.1) is 0 Å². The number of aromatic hydroxyl groups is 1. The number of fused-ring (bicyclic) bond motifs is 1. The summed E-state index contributed by atoms with van der Waals surface area (Å²) in [6, 6.07) is 10.2. The van der Waals surface area contributed by atoms with Crippen LogP contribution in [0.1, 0.15) is 37.8 Å². The van der Waals surface area contributed by atoms with Gasteiger partial charge in [0.2, 0.25) is 0 Å². The Morgan fingerprint density at radius 2 is 1.59 bits per heavy atom. The average molecular weight is 361 g/mol. The lowest BCUT2D eigenvalue weighted by atomic mass is 9.83. The number of anilines is 1. The van der Waals surface area contributed by atoms with Crippen LogP contribution in [-0.4, -0.2) is 28.2 Å². The molecule has 2 heterocycles. The predicted molar refractivity (Wildman–Crippen MR) is 111 cm³/mol. The van der Waals surface area contributed by atoms with Gasteiger partial charge in [0.15, 0.2) is 0 Å². The van der Waals surface area contributed by atoms with E-state index in [2.05, 4.69) is 35.9 Å². The monoisotopic (exact) mass is 361 g/mol. The smallest absolute Gasteiger partial charge is 0.147 e. The van der Waals surface area contributed by atoms with Gasteiger partial charge in [0.1, 0.15) is 11.6 Å². The average Bonchev–Trinajstić information content (AvgIpc) is 2.65. The largest absolute Gasteiger partial charge is 0.507 e. The van der Waals surface area contributed by atoms with E-state index in [0.717, 1.165) is 52.2 Å². The lowest BCUT2D eigenvalue weighted by molar-refractivity contribution is 0.279. The first-order chi connectivity index (χ1) is 12.8. The molecule has 1 aliphatic heterocycles. The van der Waals surface area contributed by atoms with Gasteiger partial charge >= 0.3 is 0 Å². The molecule has 4 rings (SSSR count). The standard InChI is InChI=1S/C23H27N3O/c1-15-11-18(12-16(2)22(15)27)17-5-6-19-20(13-17)25-21(14-24-19)26-9-7-23(3,4)8-10-26/h5-6,11-14,27H,7-10H2,1-4H3. The number of phenols is 1. The SMILES string of the molecule is Cc1cc(-c2ccc3ncc(N4CCC(C)(C)CC4)nc3c2)cc(C)c1O. The Balaban J connectivity index is 1.70. The number of piperidine rings is 1. The van der Waals surface area contributed by atoms with Crippen molar-refractivity contribution in [1.82, 2.24) is 9.97 Å². The summed E-state index contributed by atoms with van der Waals surface area (Å²) in [4.78, 5) is 11.9. The van der Waals surface area contributed by atoms with Crippen LogP contribution in [0.25, 0.3) is 22.2 Å². The lowest BCUT2D eigenvalue weighted by Gasteiger charge is -2.37. The molecule has 0 aliphatic carbocycles. The van der Waals surface area contributed by atoms with E-state index in [-0.39, 0.29) is 0 Å². The van der Waals surface area contributed by atoms with Crippen LogP contribution in [0.2, 0.25) is 0 Å². The lowest BCUT2D eigenvalue weighted by Crippen LogP contribution is -2.37. The summed E-state index contributed by atoms with van der Waals surface area (Å²) in [6.45, 7) is 10.6. The minimum absolute atomic E-state index is 0.370. The zero-order valence-electron chi connectivity index (χ0n) is 16.6. The van der Waals surface area contributed by atoms with Crippen LogP contribution >= 0.6 is 0 Å². The Morgan fingerprint density at radius 3 is 2.26 bits per heavy atom. The summed E-state index contributed by atoms with van der Waals surface area (Å²) >= 11 is 0. The molecule has 4 heteroatoms. The van der Waals surface area contributed by atoms with Crippen LogP contribution in [0.5, 0.6) is 5.75 Å². The van der Waals surface area contributed by atoms with E-state index < -0.39 is 0 Å². The molecular formula is C23H27N3O. The van der Waals surface area contributed by atoms with Crippen molar-refractivity contribution in [2.24, 2.45) is 5.41 Å². The van der Waals surface area contributed by atoms with E-state index in [9.17, 15) is 5.11 Å². The van der Waals surface area contributed by atoms with E-state index in [4.69, 9.17) is 4.98 Å². The second kappa shape index (κ2) is 6.52. The Hall–Kier alpha value is -2.62. The molecule has 1 aliphatic rings. The van der Waals surface area contributed by atoms with Crippen LogP contribution in [0, 0.1) is 19.3 Å². The minimum Gasteiger partial charge on any atom is -0.507 e. The maximum absolute atomic E-state index is 10.0. The van der Waals surface area contributed by atoms with Crippen LogP contribution in [0.4, 0.5) is 5.82 Å². The molecule has 1 N–H and O–H groups in total. The maximum Gasteiger partial charge on any atom is 0.147 e. The van der Waals surface area contributed by atoms with Crippen LogP contribution < -0.4 is 4.90 Å². The van der Waals surface area contributed by atoms with Crippen LogP contribution in [0.15, 0.2) is 36.5 Å². The Labute approximate surface area is 160 Å². The first-order valence-electron chi connectivity index (χ1n) is 9.65. The van der Waals surface area contributed by atoms with Crippen molar-refractivity contribution >= 4 is 16.9 Å². The number of aryl methyl sites for hydroxylation is 2. The summed E-state index contributed by atoms with van der Waals surface area (Å²) in [7, 11) is 0. The fourth-order valence-electron chi connectivity index (χ4n) is 3.80. The number of rotatable bonds is 2. The summed E-state index contributed by atoms with van der Waals surface area (Å²) in [6.07, 6.45) is 4.26. The molecule has 0 atom stereocenters. The molecule has 2 aromatic carbocycles. The molecule has 1 fully saturated rings. The Morgan fingerprint density at radius 1 is 0.926 bits per heavy atom. The number of nitrogens with zero attached hydrogens (tertiary/aromatic N) is 3. The van der Waals surface area contributed by atoms with Crippen LogP contribution in [-0.2, 0) is 0 Å². The third-order valence-electron chi connectivity index (χ3n) is 5.79. The molecule has 3 aromatic rings. The van der Waals surface area contributed by atoms with Gasteiger partial charge in [-0.1, -0.05) is 19.9 Å². The van der Waals surface area contributed by atoms with E-state index in [0.29, 0.717) is 11.2 Å². The van der Waals surface area contributed by atoms with Crippen molar-refractivity contribution in [2.45, 2.75) is 40.5 Å². The predicted octanol–water partition coefficient (Wildman–Crippen LogP) is 5.25. The highest BCUT2D eigenvalue weighted by atomic mass is 16.3. The minimum atomic E-state index is 0.370. The topological polar surface area (TPSA) is 49.2 Å². The molecule has 0 radical (unpaired) electrons. The number of phenolic OH excluding ortho intramolecular Hbond substituents is 1. The van der Waals surface area contributed by atoms with Crippen molar-refractivity contribution in [2.75, 3.05) is 18.0 Å². The molecule has 4 nitrogen and oxygen atoms in total. The van der Waals surface area contributed by atoms with Gasteiger partial charge in [-0.25, -0.2) is 4.98 Å². The number of aromatic nitrogens is 2. The van der Waals surface area contributed by atoms with Gasteiger partial charge in [-0.05, 0) is 78.6 Å². The molecule has 1 saturated heterocycles. The summed E-state index contributed by atoms with van der Waals surface area (Å²) in [5, 5.41) is 10.0. The first kappa shape index (κ1) is 17.8. The molecule has 0 saturated carbocycles. The van der Waals surface area contributed by atoms with Gasteiger partial charge in [0.05, 0.1) is 17.2 Å². The van der Waals surface area contributed by atoms with Crippen molar-refractivity contribution in [3.63, 3.8) is 0 Å². The van der Waals surface area contributed by atoms with E-state index in [1.54, 1.807) is 0 Å². The molecule has 0 unspecified atom stereocenters. The van der Waals surface area contributed by atoms with E-state index >= 15 is 0 Å². The normalized spacial score (nSPS) is 16.7. The fourth-order valence-corrected chi connectivity index (χ4v) is 3.80. The highest BCUT2D eigenvalue weighted by molar-refractivity contribution is 5.82. The molecule has 27 heavy (non-hydrogen) atoms. The second-order valence-corrected chi connectivity index (χ2v) is 8.54. The number of benzene rings is 2. The summed E-state index contributed by atoms with van der Waals surface area (Å²) in [5.74, 6) is 1.34. The van der Waals surface area contributed by atoms with Gasteiger partial charge in [-0.2, -0.15) is 0 Å². The van der Waals surface area contributed by atoms with Gasteiger partial charge in [0, 0.05) is 13.1 Å². The maximum atomic E-state index is 10.0. The zero-order valence-corrected chi connectivity index (χ0v) is 16.6. The van der Waals surface area contributed by atoms with E-state index in [1.165, 1.54) is 12.8 Å². The summed E-state index contributed by atoms with van der Waals surface area (Å²) < 4.78 is 0. The molecule has 0 bridgehead atoms. The molecule has 0 spiro atoms. The molecule has 0 amide bonds. The Kier molecular flexibility index (Phi) is 4.29. The van der Waals surface area contributed by atoms with Gasteiger partial charge in [-0.3, -0.25) is 4.98 Å². The highest BCUT2D eigenvalue weighted by Gasteiger charge is 2.26. The van der Waals surface area contributed by atoms with Crippen LogP contribution in [0.3, 0.4) is 0 Å². The quantitative estimate of drug-likeness (QED) is 0.677. The van der Waals surface area contributed by atoms with Gasteiger partial charge in [0.25, 0.3) is 0 Å².